The number of nitriles is 1. The first-order chi connectivity index (χ1) is 9.28. The van der Waals surface area contributed by atoms with Gasteiger partial charge in [-0.25, -0.2) is 4.98 Å². The van der Waals surface area contributed by atoms with E-state index in [1.54, 1.807) is 23.5 Å². The van der Waals surface area contributed by atoms with E-state index in [1.807, 2.05) is 17.5 Å². The van der Waals surface area contributed by atoms with Crippen LogP contribution in [0.15, 0.2) is 35.8 Å². The summed E-state index contributed by atoms with van der Waals surface area (Å²) in [5.74, 6) is 0.439. The molecule has 1 amide bonds. The second-order valence-corrected chi connectivity index (χ2v) is 5.06. The van der Waals surface area contributed by atoms with Gasteiger partial charge < -0.3 is 5.32 Å². The van der Waals surface area contributed by atoms with Gasteiger partial charge in [0, 0.05) is 17.5 Å². The predicted molar refractivity (Wildman–Crippen MR) is 74.8 cm³/mol. The third kappa shape index (κ3) is 4.19. The number of aromatic nitrogens is 1. The number of hydrogen-bond donors (Lipinski definition) is 1. The minimum Gasteiger partial charge on any atom is -0.311 e. The minimum absolute atomic E-state index is 0.0474. The molecule has 1 N–H and O–H groups in total. The molecule has 2 aromatic rings. The summed E-state index contributed by atoms with van der Waals surface area (Å²) < 4.78 is 0. The summed E-state index contributed by atoms with van der Waals surface area (Å²) in [6.07, 6.45) is 3.66. The second-order valence-electron chi connectivity index (χ2n) is 4.03. The number of rotatable bonds is 5. The molecule has 0 spiro atoms. The number of carbonyl (C=O) groups excluding carboxylic acids is 1. The van der Waals surface area contributed by atoms with Gasteiger partial charge in [-0.2, -0.15) is 5.26 Å². The number of nitrogens with zero attached hydrogens (tertiary/aromatic N) is 2. The van der Waals surface area contributed by atoms with Gasteiger partial charge in [0.25, 0.3) is 0 Å². The number of carbonyl (C=O) groups is 1. The molecule has 0 aromatic carbocycles. The van der Waals surface area contributed by atoms with Crippen molar-refractivity contribution in [2.75, 3.05) is 5.32 Å². The lowest BCUT2D eigenvalue weighted by molar-refractivity contribution is -0.116. The molecule has 4 nitrogen and oxygen atoms in total. The Labute approximate surface area is 115 Å². The summed E-state index contributed by atoms with van der Waals surface area (Å²) >= 11 is 1.71. The topological polar surface area (TPSA) is 65.8 Å². The molecule has 2 heterocycles. The quantitative estimate of drug-likeness (QED) is 0.909. The number of aryl methyl sites for hydroxylation is 1. The molecule has 0 aliphatic heterocycles. The fourth-order valence-electron chi connectivity index (χ4n) is 1.62. The molecule has 2 aromatic heterocycles. The van der Waals surface area contributed by atoms with Gasteiger partial charge in [-0.05, 0) is 36.4 Å². The maximum Gasteiger partial charge on any atom is 0.225 e. The standard InChI is InChI=1S/C14H13N3OS/c15-9-11-6-7-13(16-10-11)17-14(18)5-1-3-12-4-2-8-19-12/h2,4,6-8,10H,1,3,5H2,(H,16,17,18). The number of pyridine rings is 1. The molecule has 5 heteroatoms. The van der Waals surface area contributed by atoms with Crippen molar-refractivity contribution in [3.8, 4) is 6.07 Å². The van der Waals surface area contributed by atoms with Gasteiger partial charge in [-0.3, -0.25) is 4.79 Å². The van der Waals surface area contributed by atoms with Gasteiger partial charge in [-0.1, -0.05) is 6.07 Å². The van der Waals surface area contributed by atoms with Crippen LogP contribution in [0.25, 0.3) is 0 Å². The molecular formula is C14H13N3OS. The number of thiophene rings is 1. The van der Waals surface area contributed by atoms with Gasteiger partial charge in [0.05, 0.1) is 5.56 Å². The van der Waals surface area contributed by atoms with Crippen LogP contribution in [-0.4, -0.2) is 10.9 Å². The van der Waals surface area contributed by atoms with E-state index in [2.05, 4.69) is 16.4 Å². The minimum atomic E-state index is -0.0474. The number of hydrogen-bond acceptors (Lipinski definition) is 4. The van der Waals surface area contributed by atoms with Gasteiger partial charge >= 0.3 is 0 Å². The van der Waals surface area contributed by atoms with E-state index in [1.165, 1.54) is 11.1 Å². The molecular weight excluding hydrogens is 258 g/mol. The number of nitrogens with one attached hydrogen (secondary N) is 1. The first kappa shape index (κ1) is 13.2. The van der Waals surface area contributed by atoms with E-state index in [4.69, 9.17) is 5.26 Å². The van der Waals surface area contributed by atoms with Crippen LogP contribution in [0.1, 0.15) is 23.3 Å². The van der Waals surface area contributed by atoms with Gasteiger partial charge in [0.15, 0.2) is 0 Å². The molecule has 0 aliphatic carbocycles. The Morgan fingerprint density at radius 1 is 1.42 bits per heavy atom. The SMILES string of the molecule is N#Cc1ccc(NC(=O)CCCc2cccs2)nc1. The van der Waals surface area contributed by atoms with Gasteiger partial charge in [0.1, 0.15) is 11.9 Å². The lowest BCUT2D eigenvalue weighted by atomic mass is 10.2. The summed E-state index contributed by atoms with van der Waals surface area (Å²) in [5.41, 5.74) is 0.482. The summed E-state index contributed by atoms with van der Waals surface area (Å²) in [7, 11) is 0. The average molecular weight is 271 g/mol. The van der Waals surface area contributed by atoms with Crippen molar-refractivity contribution < 1.29 is 4.79 Å². The molecule has 0 unspecified atom stereocenters. The smallest absolute Gasteiger partial charge is 0.225 e. The van der Waals surface area contributed by atoms with Crippen LogP contribution in [0.5, 0.6) is 0 Å². The highest BCUT2D eigenvalue weighted by Crippen LogP contribution is 2.12. The first-order valence-electron chi connectivity index (χ1n) is 5.96. The fourth-order valence-corrected chi connectivity index (χ4v) is 2.37. The molecule has 96 valence electrons. The lowest BCUT2D eigenvalue weighted by Crippen LogP contribution is -2.12. The van der Waals surface area contributed by atoms with Crippen molar-refractivity contribution >= 4 is 23.1 Å². The number of amides is 1. The first-order valence-corrected chi connectivity index (χ1v) is 6.84. The van der Waals surface area contributed by atoms with Crippen molar-refractivity contribution in [1.29, 1.82) is 5.26 Å². The zero-order valence-corrected chi connectivity index (χ0v) is 11.1. The normalized spacial score (nSPS) is 9.84. The predicted octanol–water partition coefficient (Wildman–Crippen LogP) is 2.98. The Bertz CT molecular complexity index is 570. The zero-order valence-electron chi connectivity index (χ0n) is 10.3. The Morgan fingerprint density at radius 3 is 2.95 bits per heavy atom. The van der Waals surface area contributed by atoms with Crippen molar-refractivity contribution in [2.24, 2.45) is 0 Å². The summed E-state index contributed by atoms with van der Waals surface area (Å²) in [6, 6.07) is 9.34. The molecule has 0 aliphatic rings. The van der Waals surface area contributed by atoms with E-state index in [9.17, 15) is 4.79 Å². The Kier molecular flexibility index (Phi) is 4.65. The van der Waals surface area contributed by atoms with E-state index in [0.29, 0.717) is 17.8 Å². The molecule has 0 saturated heterocycles. The van der Waals surface area contributed by atoms with Crippen LogP contribution in [-0.2, 0) is 11.2 Å². The van der Waals surface area contributed by atoms with Crippen molar-refractivity contribution in [3.63, 3.8) is 0 Å². The van der Waals surface area contributed by atoms with Crippen LogP contribution < -0.4 is 5.32 Å². The highest BCUT2D eigenvalue weighted by molar-refractivity contribution is 7.09. The zero-order chi connectivity index (χ0) is 13.5. The van der Waals surface area contributed by atoms with Crippen molar-refractivity contribution in [2.45, 2.75) is 19.3 Å². The Morgan fingerprint density at radius 2 is 2.32 bits per heavy atom. The van der Waals surface area contributed by atoms with E-state index in [0.717, 1.165) is 12.8 Å². The third-order valence-electron chi connectivity index (χ3n) is 2.57. The Balaban J connectivity index is 1.76. The summed E-state index contributed by atoms with van der Waals surface area (Å²) in [4.78, 5) is 17.0. The molecule has 0 saturated carbocycles. The molecule has 19 heavy (non-hydrogen) atoms. The largest absolute Gasteiger partial charge is 0.311 e. The van der Waals surface area contributed by atoms with Crippen LogP contribution in [0.2, 0.25) is 0 Å². The molecule has 0 fully saturated rings. The summed E-state index contributed by atoms with van der Waals surface area (Å²) in [5, 5.41) is 13.4. The molecule has 0 bridgehead atoms. The van der Waals surface area contributed by atoms with Crippen LogP contribution in [0, 0.1) is 11.3 Å². The lowest BCUT2D eigenvalue weighted by Gasteiger charge is -2.03. The van der Waals surface area contributed by atoms with Gasteiger partial charge in [-0.15, -0.1) is 11.3 Å². The van der Waals surface area contributed by atoms with Crippen molar-refractivity contribution in [1.82, 2.24) is 4.98 Å². The third-order valence-corrected chi connectivity index (χ3v) is 3.50. The molecule has 0 radical (unpaired) electrons. The maximum absolute atomic E-state index is 11.7. The van der Waals surface area contributed by atoms with Crippen LogP contribution >= 0.6 is 11.3 Å². The van der Waals surface area contributed by atoms with Crippen LogP contribution in [0.4, 0.5) is 5.82 Å². The van der Waals surface area contributed by atoms with Gasteiger partial charge in [0.2, 0.25) is 5.91 Å². The Hall–Kier alpha value is -2.19. The maximum atomic E-state index is 11.7. The second kappa shape index (κ2) is 6.66. The molecule has 0 atom stereocenters. The highest BCUT2D eigenvalue weighted by Gasteiger charge is 2.04. The van der Waals surface area contributed by atoms with E-state index >= 15 is 0 Å². The van der Waals surface area contributed by atoms with Crippen LogP contribution in [0.3, 0.4) is 0 Å². The fraction of sp³-hybridized carbons (Fsp3) is 0.214. The summed E-state index contributed by atoms with van der Waals surface area (Å²) in [6.45, 7) is 0. The van der Waals surface area contributed by atoms with E-state index < -0.39 is 0 Å². The molecule has 2 rings (SSSR count). The monoisotopic (exact) mass is 271 g/mol. The highest BCUT2D eigenvalue weighted by atomic mass is 32.1. The van der Waals surface area contributed by atoms with Crippen molar-refractivity contribution in [3.05, 3.63) is 46.3 Å². The average Bonchev–Trinajstić information content (AvgIpc) is 2.93. The van der Waals surface area contributed by atoms with E-state index in [-0.39, 0.29) is 5.91 Å². The number of anilines is 1.